The number of hydrogen-bond donors (Lipinski definition) is 2. The number of carbonyl (C=O) groups excluding carboxylic acids is 1. The van der Waals surface area contributed by atoms with Crippen LogP contribution in [-0.4, -0.2) is 47.4 Å². The maximum absolute atomic E-state index is 12.9. The molecule has 0 aromatic carbocycles. The second-order valence-electron chi connectivity index (χ2n) is 5.77. The molecule has 1 aliphatic heterocycles. The number of carbonyl (C=O) groups is 2. The van der Waals surface area contributed by atoms with Crippen LogP contribution in [0.15, 0.2) is 0 Å². The minimum Gasteiger partial charge on any atom is -0.480 e. The molecule has 2 unspecified atom stereocenters. The highest BCUT2D eigenvalue weighted by Gasteiger charge is 2.42. The van der Waals surface area contributed by atoms with Crippen LogP contribution < -0.4 is 5.32 Å². The Morgan fingerprint density at radius 1 is 1.50 bits per heavy atom. The molecule has 0 aromatic rings. The van der Waals surface area contributed by atoms with Crippen molar-refractivity contribution in [1.82, 2.24) is 5.32 Å². The largest absolute Gasteiger partial charge is 0.480 e. The Morgan fingerprint density at radius 2 is 2.10 bits per heavy atom. The molecule has 2 atom stereocenters. The zero-order valence-corrected chi connectivity index (χ0v) is 11.6. The van der Waals surface area contributed by atoms with E-state index in [9.17, 15) is 18.4 Å². The van der Waals surface area contributed by atoms with Gasteiger partial charge in [-0.05, 0) is 20.8 Å². The van der Waals surface area contributed by atoms with Gasteiger partial charge in [-0.3, -0.25) is 0 Å². The van der Waals surface area contributed by atoms with Crippen molar-refractivity contribution in [2.45, 2.75) is 57.3 Å². The fraction of sp³-hybridized carbons (Fsp3) is 0.833. The molecule has 6 nitrogen and oxygen atoms in total. The Kier molecular flexibility index (Phi) is 4.90. The van der Waals surface area contributed by atoms with Gasteiger partial charge in [0.05, 0.1) is 6.10 Å². The van der Waals surface area contributed by atoms with Crippen molar-refractivity contribution in [3.05, 3.63) is 0 Å². The van der Waals surface area contributed by atoms with E-state index in [1.807, 2.05) is 0 Å². The number of alkyl halides is 2. The van der Waals surface area contributed by atoms with E-state index in [0.717, 1.165) is 0 Å². The summed E-state index contributed by atoms with van der Waals surface area (Å²) in [5.74, 6) is -4.27. The summed E-state index contributed by atoms with van der Waals surface area (Å²) >= 11 is 0. The summed E-state index contributed by atoms with van der Waals surface area (Å²) in [5, 5.41) is 11.1. The molecule has 1 aliphatic rings. The van der Waals surface area contributed by atoms with Crippen LogP contribution in [0.2, 0.25) is 0 Å². The van der Waals surface area contributed by atoms with Gasteiger partial charge in [-0.1, -0.05) is 0 Å². The van der Waals surface area contributed by atoms with E-state index in [4.69, 9.17) is 14.6 Å². The van der Waals surface area contributed by atoms with Gasteiger partial charge in [0.15, 0.2) is 0 Å². The van der Waals surface area contributed by atoms with E-state index in [-0.39, 0.29) is 6.42 Å². The number of carboxylic acid groups (broad SMARTS) is 1. The maximum Gasteiger partial charge on any atom is 0.408 e. The van der Waals surface area contributed by atoms with E-state index in [1.54, 1.807) is 20.8 Å². The van der Waals surface area contributed by atoms with Gasteiger partial charge in [0, 0.05) is 12.8 Å². The fourth-order valence-corrected chi connectivity index (χ4v) is 1.78. The van der Waals surface area contributed by atoms with Crippen LogP contribution in [0.1, 0.15) is 33.6 Å². The van der Waals surface area contributed by atoms with Gasteiger partial charge in [0.1, 0.15) is 18.2 Å². The lowest BCUT2D eigenvalue weighted by atomic mass is 10.1. The Morgan fingerprint density at radius 3 is 2.50 bits per heavy atom. The van der Waals surface area contributed by atoms with Crippen LogP contribution in [0.4, 0.5) is 13.6 Å². The highest BCUT2D eigenvalue weighted by Crippen LogP contribution is 2.31. The molecule has 1 rings (SSSR count). The predicted octanol–water partition coefficient (Wildman–Crippen LogP) is 1.78. The van der Waals surface area contributed by atoms with E-state index in [2.05, 4.69) is 5.32 Å². The molecular formula is C12H19F2NO5. The highest BCUT2D eigenvalue weighted by molar-refractivity contribution is 5.80. The zero-order chi connectivity index (χ0) is 15.6. The Hall–Kier alpha value is -1.44. The zero-order valence-electron chi connectivity index (χ0n) is 11.6. The number of amides is 1. The van der Waals surface area contributed by atoms with E-state index >= 15 is 0 Å². The molecule has 1 heterocycles. The second kappa shape index (κ2) is 5.90. The Labute approximate surface area is 115 Å². The van der Waals surface area contributed by atoms with Gasteiger partial charge < -0.3 is 19.9 Å². The number of alkyl carbamates (subject to hydrolysis) is 1. The smallest absolute Gasteiger partial charge is 0.408 e. The van der Waals surface area contributed by atoms with Crippen molar-refractivity contribution in [1.29, 1.82) is 0 Å². The first kappa shape index (κ1) is 16.6. The average molecular weight is 295 g/mol. The van der Waals surface area contributed by atoms with Crippen LogP contribution in [0.5, 0.6) is 0 Å². The third kappa shape index (κ3) is 5.68. The van der Waals surface area contributed by atoms with Crippen molar-refractivity contribution in [2.75, 3.05) is 6.61 Å². The van der Waals surface area contributed by atoms with Crippen LogP contribution >= 0.6 is 0 Å². The quantitative estimate of drug-likeness (QED) is 0.825. The van der Waals surface area contributed by atoms with Gasteiger partial charge in [0.2, 0.25) is 0 Å². The third-order valence-corrected chi connectivity index (χ3v) is 2.54. The number of ether oxygens (including phenoxy) is 2. The van der Waals surface area contributed by atoms with Gasteiger partial charge in [-0.2, -0.15) is 0 Å². The molecule has 0 aliphatic carbocycles. The highest BCUT2D eigenvalue weighted by atomic mass is 19.3. The van der Waals surface area contributed by atoms with Crippen molar-refractivity contribution in [3.8, 4) is 0 Å². The van der Waals surface area contributed by atoms with Gasteiger partial charge in [-0.25, -0.2) is 18.4 Å². The molecule has 0 aromatic heterocycles. The molecule has 0 bridgehead atoms. The molecule has 8 heteroatoms. The number of hydrogen-bond acceptors (Lipinski definition) is 4. The number of rotatable bonds is 4. The van der Waals surface area contributed by atoms with Gasteiger partial charge in [0.25, 0.3) is 5.92 Å². The fourth-order valence-electron chi connectivity index (χ4n) is 1.78. The Bertz CT molecular complexity index is 381. The minimum atomic E-state index is -2.94. The van der Waals surface area contributed by atoms with Crippen LogP contribution in [-0.2, 0) is 14.3 Å². The molecule has 116 valence electrons. The first-order valence-corrected chi connectivity index (χ1v) is 6.20. The monoisotopic (exact) mass is 295 g/mol. The summed E-state index contributed by atoms with van der Waals surface area (Å²) in [5.41, 5.74) is -0.774. The lowest BCUT2D eigenvalue weighted by Crippen LogP contribution is -2.45. The number of aliphatic carboxylic acids is 1. The summed E-state index contributed by atoms with van der Waals surface area (Å²) in [6, 6.07) is -1.33. The van der Waals surface area contributed by atoms with E-state index in [0.29, 0.717) is 0 Å². The standard InChI is InChI=1S/C12H19F2NO5/c1-11(2,3)20-10(18)15-8(9(16)17)4-7-5-12(13,14)6-19-7/h7-8H,4-6H2,1-3H3,(H,15,18)(H,16,17). The number of nitrogens with one attached hydrogen (secondary N) is 1. The molecule has 0 spiro atoms. The Balaban J connectivity index is 2.54. The lowest BCUT2D eigenvalue weighted by molar-refractivity contribution is -0.140. The van der Waals surface area contributed by atoms with Crippen molar-refractivity contribution in [3.63, 3.8) is 0 Å². The third-order valence-electron chi connectivity index (χ3n) is 2.54. The lowest BCUT2D eigenvalue weighted by Gasteiger charge is -2.23. The average Bonchev–Trinajstić information content (AvgIpc) is 2.54. The first-order chi connectivity index (χ1) is 8.98. The first-order valence-electron chi connectivity index (χ1n) is 6.20. The predicted molar refractivity (Wildman–Crippen MR) is 64.7 cm³/mol. The van der Waals surface area contributed by atoms with Crippen molar-refractivity contribution in [2.24, 2.45) is 0 Å². The molecular weight excluding hydrogens is 276 g/mol. The second-order valence-corrected chi connectivity index (χ2v) is 5.77. The minimum absolute atomic E-state index is 0.232. The summed E-state index contributed by atoms with van der Waals surface area (Å²) < 4.78 is 35.6. The van der Waals surface area contributed by atoms with Crippen LogP contribution in [0.3, 0.4) is 0 Å². The van der Waals surface area contributed by atoms with Gasteiger partial charge in [-0.15, -0.1) is 0 Å². The molecule has 1 saturated heterocycles. The van der Waals surface area contributed by atoms with Crippen LogP contribution in [0, 0.1) is 0 Å². The number of halogens is 2. The van der Waals surface area contributed by atoms with Gasteiger partial charge >= 0.3 is 12.1 Å². The molecule has 0 saturated carbocycles. The van der Waals surface area contributed by atoms with E-state index < -0.39 is 48.8 Å². The SMILES string of the molecule is CC(C)(C)OC(=O)NC(CC1CC(F)(F)CO1)C(=O)O. The topological polar surface area (TPSA) is 84.9 Å². The van der Waals surface area contributed by atoms with Crippen molar-refractivity contribution >= 4 is 12.1 Å². The molecule has 1 fully saturated rings. The summed E-state index contributed by atoms with van der Waals surface area (Å²) in [6.07, 6.45) is -2.59. The van der Waals surface area contributed by atoms with Crippen molar-refractivity contribution < 1.29 is 33.0 Å². The number of carboxylic acids is 1. The summed E-state index contributed by atoms with van der Waals surface area (Å²) in [6.45, 7) is 4.16. The summed E-state index contributed by atoms with van der Waals surface area (Å²) in [7, 11) is 0. The molecule has 2 N–H and O–H groups in total. The summed E-state index contributed by atoms with van der Waals surface area (Å²) in [4.78, 5) is 22.5. The maximum atomic E-state index is 12.9. The molecule has 1 amide bonds. The normalized spacial score (nSPS) is 23.1. The van der Waals surface area contributed by atoms with Crippen LogP contribution in [0.25, 0.3) is 0 Å². The molecule has 0 radical (unpaired) electrons. The van der Waals surface area contributed by atoms with E-state index in [1.165, 1.54) is 0 Å². The molecule has 20 heavy (non-hydrogen) atoms.